The van der Waals surface area contributed by atoms with Crippen LogP contribution in [0.2, 0.25) is 0 Å². The molecule has 0 saturated heterocycles. The lowest BCUT2D eigenvalue weighted by Gasteiger charge is -2.03. The van der Waals surface area contributed by atoms with E-state index < -0.39 is 0 Å². The minimum Gasteiger partial charge on any atom is -0.236 e. The molecule has 3 rings (SSSR count). The lowest BCUT2D eigenvalue weighted by molar-refractivity contribution is 0.912. The van der Waals surface area contributed by atoms with Gasteiger partial charge in [0.25, 0.3) is 0 Å². The Bertz CT molecular complexity index is 792. The number of rotatable bonds is 1. The number of aromatic nitrogens is 2. The van der Waals surface area contributed by atoms with Gasteiger partial charge in [0.2, 0.25) is 0 Å². The minimum atomic E-state index is 0.695. The van der Waals surface area contributed by atoms with Crippen LogP contribution in [-0.2, 0) is 0 Å². The molecule has 3 aromatic rings. The van der Waals surface area contributed by atoms with Crippen LogP contribution in [0.25, 0.3) is 16.8 Å². The Balaban J connectivity index is 2.33. The fraction of sp³-hybridized carbons (Fsp3) is 0.125. The Kier molecular flexibility index (Phi) is 2.57. The van der Waals surface area contributed by atoms with Gasteiger partial charge >= 0.3 is 0 Å². The summed E-state index contributed by atoms with van der Waals surface area (Å²) in [5.74, 6) is 0. The molecule has 0 saturated carbocycles. The van der Waals surface area contributed by atoms with Gasteiger partial charge in [-0.2, -0.15) is 10.4 Å². The van der Waals surface area contributed by atoms with Crippen LogP contribution in [0.1, 0.15) is 16.8 Å². The molecule has 92 valence electrons. The second kappa shape index (κ2) is 4.25. The lowest BCUT2D eigenvalue weighted by atomic mass is 10.1. The Morgan fingerprint density at radius 2 is 1.84 bits per heavy atom. The molecule has 0 N–H and O–H groups in total. The summed E-state index contributed by atoms with van der Waals surface area (Å²) in [7, 11) is 0. The highest BCUT2D eigenvalue weighted by atomic mass is 15.2. The Hall–Kier alpha value is -2.60. The number of pyridine rings is 1. The Morgan fingerprint density at radius 3 is 2.53 bits per heavy atom. The fourth-order valence-corrected chi connectivity index (χ4v) is 2.37. The van der Waals surface area contributed by atoms with Crippen LogP contribution in [0.4, 0.5) is 0 Å². The van der Waals surface area contributed by atoms with Crippen LogP contribution >= 0.6 is 0 Å². The maximum atomic E-state index is 9.30. The summed E-state index contributed by atoms with van der Waals surface area (Å²) >= 11 is 0. The van der Waals surface area contributed by atoms with Crippen molar-refractivity contribution in [2.45, 2.75) is 13.8 Å². The first kappa shape index (κ1) is 11.5. The van der Waals surface area contributed by atoms with Crippen molar-refractivity contribution in [3.8, 4) is 17.3 Å². The second-order valence-electron chi connectivity index (χ2n) is 4.65. The van der Waals surface area contributed by atoms with Crippen LogP contribution in [0.5, 0.6) is 0 Å². The standard InChI is InChI=1S/C16H13N3/c1-11-8-12(2)19-16(14(11)10-17)9-15(18-19)13-6-4-3-5-7-13/h3-9H,1-2H3. The molecule has 3 heteroatoms. The van der Waals surface area contributed by atoms with E-state index in [-0.39, 0.29) is 0 Å². The monoisotopic (exact) mass is 247 g/mol. The van der Waals surface area contributed by atoms with Crippen molar-refractivity contribution in [1.82, 2.24) is 9.61 Å². The quantitative estimate of drug-likeness (QED) is 0.660. The molecule has 2 aromatic heterocycles. The predicted octanol–water partition coefficient (Wildman–Crippen LogP) is 3.49. The van der Waals surface area contributed by atoms with E-state index in [2.05, 4.69) is 11.2 Å². The van der Waals surface area contributed by atoms with Gasteiger partial charge in [-0.05, 0) is 31.5 Å². The summed E-state index contributed by atoms with van der Waals surface area (Å²) in [5, 5.41) is 13.9. The molecular formula is C16H13N3. The SMILES string of the molecule is Cc1cc(C)n2nc(-c3ccccc3)cc2c1C#N. The highest BCUT2D eigenvalue weighted by Crippen LogP contribution is 2.24. The fourth-order valence-electron chi connectivity index (χ4n) is 2.37. The van der Waals surface area contributed by atoms with Crippen LogP contribution < -0.4 is 0 Å². The van der Waals surface area contributed by atoms with Gasteiger partial charge < -0.3 is 0 Å². The number of aryl methyl sites for hydroxylation is 2. The normalized spacial score (nSPS) is 10.6. The molecule has 0 aliphatic heterocycles. The van der Waals surface area contributed by atoms with Gasteiger partial charge in [0.05, 0.1) is 16.8 Å². The molecule has 0 atom stereocenters. The summed E-state index contributed by atoms with van der Waals surface area (Å²) in [6.07, 6.45) is 0. The van der Waals surface area contributed by atoms with E-state index in [0.717, 1.165) is 28.0 Å². The maximum Gasteiger partial charge on any atom is 0.102 e. The van der Waals surface area contributed by atoms with E-state index in [1.165, 1.54) is 0 Å². The van der Waals surface area contributed by atoms with E-state index in [1.54, 1.807) is 0 Å². The summed E-state index contributed by atoms with van der Waals surface area (Å²) < 4.78 is 1.84. The Morgan fingerprint density at radius 1 is 1.11 bits per heavy atom. The molecule has 0 bridgehead atoms. The number of hydrogen-bond donors (Lipinski definition) is 0. The summed E-state index contributed by atoms with van der Waals surface area (Å²) in [5.41, 5.74) is 5.55. The molecule has 19 heavy (non-hydrogen) atoms. The van der Waals surface area contributed by atoms with E-state index in [4.69, 9.17) is 0 Å². The zero-order chi connectivity index (χ0) is 13.4. The largest absolute Gasteiger partial charge is 0.236 e. The van der Waals surface area contributed by atoms with Gasteiger partial charge in [-0.3, -0.25) is 0 Å². The second-order valence-corrected chi connectivity index (χ2v) is 4.65. The molecular weight excluding hydrogens is 234 g/mol. The molecule has 0 unspecified atom stereocenters. The number of benzene rings is 1. The maximum absolute atomic E-state index is 9.30. The molecule has 3 nitrogen and oxygen atoms in total. The average molecular weight is 247 g/mol. The van der Waals surface area contributed by atoms with E-state index >= 15 is 0 Å². The zero-order valence-corrected chi connectivity index (χ0v) is 10.9. The third-order valence-electron chi connectivity index (χ3n) is 3.30. The van der Waals surface area contributed by atoms with Gasteiger partial charge in [-0.25, -0.2) is 4.52 Å². The van der Waals surface area contributed by atoms with E-state index in [1.807, 2.05) is 60.8 Å². The topological polar surface area (TPSA) is 41.1 Å². The van der Waals surface area contributed by atoms with Crippen molar-refractivity contribution < 1.29 is 0 Å². The van der Waals surface area contributed by atoms with Crippen LogP contribution in [0, 0.1) is 25.2 Å². The van der Waals surface area contributed by atoms with Gasteiger partial charge in [0, 0.05) is 11.3 Å². The molecule has 0 radical (unpaired) electrons. The first-order valence-corrected chi connectivity index (χ1v) is 6.16. The third kappa shape index (κ3) is 1.78. The predicted molar refractivity (Wildman–Crippen MR) is 74.8 cm³/mol. The molecule has 0 amide bonds. The van der Waals surface area contributed by atoms with Crippen molar-refractivity contribution in [2.75, 3.05) is 0 Å². The number of nitriles is 1. The van der Waals surface area contributed by atoms with Gasteiger partial charge in [0.15, 0.2) is 0 Å². The van der Waals surface area contributed by atoms with Crippen molar-refractivity contribution in [1.29, 1.82) is 5.26 Å². The van der Waals surface area contributed by atoms with Crippen LogP contribution in [0.15, 0.2) is 42.5 Å². The lowest BCUT2D eigenvalue weighted by Crippen LogP contribution is -1.97. The summed E-state index contributed by atoms with van der Waals surface area (Å²) in [6, 6.07) is 16.2. The molecule has 2 heterocycles. The first-order valence-electron chi connectivity index (χ1n) is 6.16. The van der Waals surface area contributed by atoms with E-state index in [0.29, 0.717) is 5.56 Å². The molecule has 1 aromatic carbocycles. The van der Waals surface area contributed by atoms with Crippen LogP contribution in [-0.4, -0.2) is 9.61 Å². The van der Waals surface area contributed by atoms with Crippen LogP contribution in [0.3, 0.4) is 0 Å². The zero-order valence-electron chi connectivity index (χ0n) is 10.9. The van der Waals surface area contributed by atoms with Crippen molar-refractivity contribution in [2.24, 2.45) is 0 Å². The van der Waals surface area contributed by atoms with E-state index in [9.17, 15) is 5.26 Å². The molecule has 0 spiro atoms. The van der Waals surface area contributed by atoms with Crippen molar-refractivity contribution >= 4 is 5.52 Å². The van der Waals surface area contributed by atoms with Crippen molar-refractivity contribution in [3.63, 3.8) is 0 Å². The first-order chi connectivity index (χ1) is 9.20. The van der Waals surface area contributed by atoms with Gasteiger partial charge in [-0.1, -0.05) is 30.3 Å². The van der Waals surface area contributed by atoms with Crippen molar-refractivity contribution in [3.05, 3.63) is 59.3 Å². The summed E-state index contributed by atoms with van der Waals surface area (Å²) in [4.78, 5) is 0. The van der Waals surface area contributed by atoms with Gasteiger partial charge in [0.1, 0.15) is 6.07 Å². The molecule has 0 aliphatic carbocycles. The Labute approximate surface area is 111 Å². The highest BCUT2D eigenvalue weighted by Gasteiger charge is 2.11. The number of hydrogen-bond acceptors (Lipinski definition) is 2. The van der Waals surface area contributed by atoms with Gasteiger partial charge in [-0.15, -0.1) is 0 Å². The molecule has 0 fully saturated rings. The third-order valence-corrected chi connectivity index (χ3v) is 3.30. The average Bonchev–Trinajstić information content (AvgIpc) is 2.85. The number of fused-ring (bicyclic) bond motifs is 1. The number of nitrogens with zero attached hydrogens (tertiary/aromatic N) is 3. The minimum absolute atomic E-state index is 0.695. The highest BCUT2D eigenvalue weighted by molar-refractivity contribution is 5.72. The summed E-state index contributed by atoms with van der Waals surface area (Å²) in [6.45, 7) is 3.96. The molecule has 0 aliphatic rings. The smallest absolute Gasteiger partial charge is 0.102 e.